The summed E-state index contributed by atoms with van der Waals surface area (Å²) in [5, 5.41) is 14.6. The molecule has 9 heteroatoms. The Hall–Kier alpha value is -3.78. The van der Waals surface area contributed by atoms with Crippen molar-refractivity contribution in [3.05, 3.63) is 53.7 Å². The van der Waals surface area contributed by atoms with Gasteiger partial charge in [-0.2, -0.15) is 0 Å². The first-order valence-corrected chi connectivity index (χ1v) is 10.3. The second-order valence-corrected chi connectivity index (χ2v) is 7.50. The van der Waals surface area contributed by atoms with Crippen molar-refractivity contribution in [1.29, 1.82) is 0 Å². The molecule has 4 aromatic rings. The Morgan fingerprint density at radius 2 is 1.84 bits per heavy atom. The Morgan fingerprint density at radius 3 is 2.62 bits per heavy atom. The van der Waals surface area contributed by atoms with Crippen molar-refractivity contribution in [2.45, 2.75) is 0 Å². The standard InChI is InChI=1S/C23H20ClN3O5/c1-29-17-7-5-15(22(30-2)21(17)28)20-23(27-12-13(24)3-8-19(27)26-20)25-14-4-6-16-18(11-14)32-10-9-31-16/h3-8,11-12,25,28H,9-10H2,1-2H3. The van der Waals surface area contributed by atoms with E-state index in [1.165, 1.54) is 14.2 Å². The smallest absolute Gasteiger partial charge is 0.201 e. The van der Waals surface area contributed by atoms with Gasteiger partial charge in [0, 0.05) is 18.0 Å². The minimum Gasteiger partial charge on any atom is -0.502 e. The molecule has 8 nitrogen and oxygen atoms in total. The lowest BCUT2D eigenvalue weighted by atomic mass is 10.1. The fourth-order valence-corrected chi connectivity index (χ4v) is 3.86. The highest BCUT2D eigenvalue weighted by Gasteiger charge is 2.23. The van der Waals surface area contributed by atoms with Crippen LogP contribution in [-0.2, 0) is 0 Å². The summed E-state index contributed by atoms with van der Waals surface area (Å²) >= 11 is 6.27. The number of anilines is 2. The topological polar surface area (TPSA) is 86.5 Å². The summed E-state index contributed by atoms with van der Waals surface area (Å²) in [5.41, 5.74) is 2.60. The third-order valence-corrected chi connectivity index (χ3v) is 5.38. The van der Waals surface area contributed by atoms with Gasteiger partial charge < -0.3 is 29.4 Å². The molecular formula is C23H20ClN3O5. The Kier molecular flexibility index (Phi) is 5.07. The third-order valence-electron chi connectivity index (χ3n) is 5.16. The van der Waals surface area contributed by atoms with E-state index < -0.39 is 0 Å². The molecule has 0 saturated carbocycles. The highest BCUT2D eigenvalue weighted by Crippen LogP contribution is 2.46. The minimum absolute atomic E-state index is 0.104. The second-order valence-electron chi connectivity index (χ2n) is 7.07. The fraction of sp³-hybridized carbons (Fsp3) is 0.174. The Balaban J connectivity index is 1.68. The summed E-state index contributed by atoms with van der Waals surface area (Å²) in [6, 6.07) is 12.6. The van der Waals surface area contributed by atoms with Crippen LogP contribution in [0.25, 0.3) is 16.9 Å². The van der Waals surface area contributed by atoms with Crippen LogP contribution in [0.5, 0.6) is 28.7 Å². The van der Waals surface area contributed by atoms with Crippen molar-refractivity contribution in [2.75, 3.05) is 32.8 Å². The maximum atomic E-state index is 10.6. The number of hydrogen-bond acceptors (Lipinski definition) is 7. The monoisotopic (exact) mass is 453 g/mol. The van der Waals surface area contributed by atoms with Crippen LogP contribution in [0.2, 0.25) is 5.02 Å². The van der Waals surface area contributed by atoms with Gasteiger partial charge in [0.1, 0.15) is 30.4 Å². The average molecular weight is 454 g/mol. The maximum absolute atomic E-state index is 10.6. The van der Waals surface area contributed by atoms with E-state index in [0.717, 1.165) is 5.69 Å². The molecule has 2 aromatic heterocycles. The SMILES string of the molecule is COc1ccc(-c2nc3ccc(Cl)cn3c2Nc2ccc3c(c2)OCCO3)c(OC)c1O. The lowest BCUT2D eigenvalue weighted by molar-refractivity contribution is 0.171. The number of aromatic hydroxyl groups is 1. The van der Waals surface area contributed by atoms with E-state index >= 15 is 0 Å². The number of fused-ring (bicyclic) bond motifs is 2. The number of phenolic OH excluding ortho intramolecular Hbond substituents is 1. The number of imidazole rings is 1. The van der Waals surface area contributed by atoms with E-state index in [2.05, 4.69) is 5.32 Å². The molecule has 0 unspecified atom stereocenters. The van der Waals surface area contributed by atoms with Gasteiger partial charge >= 0.3 is 0 Å². The highest BCUT2D eigenvalue weighted by molar-refractivity contribution is 6.30. The number of benzene rings is 2. The van der Waals surface area contributed by atoms with Crippen LogP contribution in [0.15, 0.2) is 48.7 Å². The van der Waals surface area contributed by atoms with Gasteiger partial charge in [0.15, 0.2) is 23.0 Å². The molecule has 0 radical (unpaired) electrons. The predicted octanol–water partition coefficient (Wildman–Crippen LogP) is 4.89. The van der Waals surface area contributed by atoms with Crippen molar-refractivity contribution >= 4 is 28.8 Å². The minimum atomic E-state index is -0.104. The largest absolute Gasteiger partial charge is 0.502 e. The number of phenols is 1. The Bertz CT molecular complexity index is 1320. The number of ether oxygens (including phenoxy) is 4. The summed E-state index contributed by atoms with van der Waals surface area (Å²) in [5.74, 6) is 2.46. The molecular weight excluding hydrogens is 434 g/mol. The summed E-state index contributed by atoms with van der Waals surface area (Å²) in [6.07, 6.45) is 1.77. The number of nitrogens with one attached hydrogen (secondary N) is 1. The fourth-order valence-electron chi connectivity index (χ4n) is 3.69. The Morgan fingerprint density at radius 1 is 1.03 bits per heavy atom. The van der Waals surface area contributed by atoms with Crippen molar-refractivity contribution in [3.63, 3.8) is 0 Å². The van der Waals surface area contributed by atoms with Gasteiger partial charge in [0.05, 0.1) is 24.8 Å². The molecule has 2 N–H and O–H groups in total. The predicted molar refractivity (Wildman–Crippen MR) is 121 cm³/mol. The van der Waals surface area contributed by atoms with E-state index in [-0.39, 0.29) is 11.5 Å². The van der Waals surface area contributed by atoms with Crippen LogP contribution in [-0.4, -0.2) is 41.9 Å². The zero-order valence-corrected chi connectivity index (χ0v) is 18.1. The molecule has 1 aliphatic heterocycles. The van der Waals surface area contributed by atoms with Crippen molar-refractivity contribution in [1.82, 2.24) is 9.38 Å². The van der Waals surface area contributed by atoms with Gasteiger partial charge in [0.25, 0.3) is 0 Å². The van der Waals surface area contributed by atoms with Crippen molar-refractivity contribution in [2.24, 2.45) is 0 Å². The van der Waals surface area contributed by atoms with Gasteiger partial charge in [-0.25, -0.2) is 4.98 Å². The quantitative estimate of drug-likeness (QED) is 0.444. The van der Waals surface area contributed by atoms with Gasteiger partial charge in [-0.3, -0.25) is 4.40 Å². The Labute approximate surface area is 188 Å². The maximum Gasteiger partial charge on any atom is 0.201 e. The molecule has 0 amide bonds. The summed E-state index contributed by atoms with van der Waals surface area (Å²) in [6.45, 7) is 1.02. The molecule has 164 valence electrons. The molecule has 0 atom stereocenters. The van der Waals surface area contributed by atoms with Gasteiger partial charge in [-0.1, -0.05) is 11.6 Å². The lowest BCUT2D eigenvalue weighted by Gasteiger charge is -2.19. The van der Waals surface area contributed by atoms with E-state index in [1.54, 1.807) is 24.4 Å². The highest BCUT2D eigenvalue weighted by atomic mass is 35.5. The molecule has 0 spiro atoms. The molecule has 0 saturated heterocycles. The zero-order chi connectivity index (χ0) is 22.2. The van der Waals surface area contributed by atoms with Crippen LogP contribution in [0, 0.1) is 0 Å². The van der Waals surface area contributed by atoms with Crippen molar-refractivity contribution in [3.8, 4) is 40.0 Å². The number of methoxy groups -OCH3 is 2. The van der Waals surface area contributed by atoms with Crippen LogP contribution in [0.3, 0.4) is 0 Å². The third kappa shape index (κ3) is 3.38. The number of nitrogens with zero attached hydrogens (tertiary/aromatic N) is 2. The number of pyridine rings is 1. The van der Waals surface area contributed by atoms with Gasteiger partial charge in [-0.15, -0.1) is 0 Å². The molecule has 5 rings (SSSR count). The first-order valence-electron chi connectivity index (χ1n) is 9.87. The molecule has 32 heavy (non-hydrogen) atoms. The number of aromatic nitrogens is 2. The van der Waals surface area contributed by atoms with E-state index in [0.29, 0.717) is 58.2 Å². The first kappa shape index (κ1) is 20.1. The summed E-state index contributed by atoms with van der Waals surface area (Å²) in [7, 11) is 2.97. The first-order chi connectivity index (χ1) is 15.6. The van der Waals surface area contributed by atoms with Crippen LogP contribution in [0.4, 0.5) is 11.5 Å². The van der Waals surface area contributed by atoms with Crippen LogP contribution in [0.1, 0.15) is 0 Å². The van der Waals surface area contributed by atoms with Crippen LogP contribution >= 0.6 is 11.6 Å². The number of hydrogen-bond donors (Lipinski definition) is 2. The zero-order valence-electron chi connectivity index (χ0n) is 17.4. The summed E-state index contributed by atoms with van der Waals surface area (Å²) < 4.78 is 23.9. The molecule has 0 aliphatic carbocycles. The van der Waals surface area contributed by atoms with Gasteiger partial charge in [0.2, 0.25) is 5.75 Å². The van der Waals surface area contributed by atoms with Crippen LogP contribution < -0.4 is 24.3 Å². The van der Waals surface area contributed by atoms with Gasteiger partial charge in [-0.05, 0) is 36.4 Å². The second kappa shape index (κ2) is 8.05. The molecule has 0 bridgehead atoms. The molecule has 3 heterocycles. The molecule has 2 aromatic carbocycles. The van der Waals surface area contributed by atoms with E-state index in [1.807, 2.05) is 28.7 Å². The average Bonchev–Trinajstić information content (AvgIpc) is 3.16. The van der Waals surface area contributed by atoms with E-state index in [4.69, 9.17) is 35.5 Å². The number of rotatable bonds is 5. The molecule has 1 aliphatic rings. The normalized spacial score (nSPS) is 12.6. The molecule has 0 fully saturated rings. The summed E-state index contributed by atoms with van der Waals surface area (Å²) in [4.78, 5) is 4.77. The van der Waals surface area contributed by atoms with Crippen molar-refractivity contribution < 1.29 is 24.1 Å². The lowest BCUT2D eigenvalue weighted by Crippen LogP contribution is -2.15. The van der Waals surface area contributed by atoms with E-state index in [9.17, 15) is 5.11 Å². The number of halogens is 1.